The summed E-state index contributed by atoms with van der Waals surface area (Å²) in [6.45, 7) is 1.63. The molecule has 0 spiro atoms. The van der Waals surface area contributed by atoms with Crippen LogP contribution in [0.3, 0.4) is 0 Å². The van der Waals surface area contributed by atoms with E-state index >= 15 is 0 Å². The second-order valence-electron chi connectivity index (χ2n) is 3.15. The number of halogens is 1. The van der Waals surface area contributed by atoms with E-state index in [-0.39, 0.29) is 11.3 Å². The van der Waals surface area contributed by atoms with Crippen LogP contribution in [-0.2, 0) is 0 Å². The van der Waals surface area contributed by atoms with E-state index in [0.717, 1.165) is 0 Å². The Morgan fingerprint density at radius 3 is 2.87 bits per heavy atom. The van der Waals surface area contributed by atoms with Crippen molar-refractivity contribution in [3.8, 4) is 0 Å². The zero-order chi connectivity index (χ0) is 10.8. The van der Waals surface area contributed by atoms with Gasteiger partial charge in [0.2, 0.25) is 5.78 Å². The monoisotopic (exact) mass is 221 g/mol. The van der Waals surface area contributed by atoms with Crippen LogP contribution in [-0.4, -0.2) is 10.2 Å². The second-order valence-corrected chi connectivity index (χ2v) is 3.82. The summed E-state index contributed by atoms with van der Waals surface area (Å²) < 4.78 is 17.5. The number of rotatable bonds is 2. The third kappa shape index (κ3) is 1.80. The molecule has 2 rings (SSSR count). The first-order valence-electron chi connectivity index (χ1n) is 4.40. The second kappa shape index (κ2) is 3.90. The van der Waals surface area contributed by atoms with Crippen molar-refractivity contribution in [2.24, 2.45) is 0 Å². The fourth-order valence-electron chi connectivity index (χ4n) is 1.29. The molecule has 0 aliphatic rings. The first-order chi connectivity index (χ1) is 7.20. The van der Waals surface area contributed by atoms with Gasteiger partial charge in [-0.2, -0.15) is 4.37 Å². The summed E-state index contributed by atoms with van der Waals surface area (Å²) in [5, 5.41) is 1.70. The summed E-state index contributed by atoms with van der Waals surface area (Å²) in [5.74, 6) is -0.826. The van der Waals surface area contributed by atoms with Gasteiger partial charge in [-0.05, 0) is 36.2 Å². The number of carbonyl (C=O) groups excluding carboxylic acids is 1. The van der Waals surface area contributed by atoms with Gasteiger partial charge in [0.1, 0.15) is 11.5 Å². The van der Waals surface area contributed by atoms with Gasteiger partial charge in [-0.3, -0.25) is 4.79 Å². The SMILES string of the molecule is Cc1cccc(C(=O)c2ccsn2)c1F. The van der Waals surface area contributed by atoms with Gasteiger partial charge < -0.3 is 0 Å². The fourth-order valence-corrected chi connectivity index (χ4v) is 1.80. The van der Waals surface area contributed by atoms with Crippen molar-refractivity contribution < 1.29 is 9.18 Å². The van der Waals surface area contributed by atoms with Gasteiger partial charge in [-0.25, -0.2) is 4.39 Å². The molecule has 0 saturated heterocycles. The summed E-state index contributed by atoms with van der Waals surface area (Å²) in [6.07, 6.45) is 0. The smallest absolute Gasteiger partial charge is 0.215 e. The Hall–Kier alpha value is -1.55. The standard InChI is InChI=1S/C11H8FNOS/c1-7-3-2-4-8(10(7)12)11(14)9-5-6-15-13-9/h2-6H,1H3. The van der Waals surface area contributed by atoms with Crippen LogP contribution >= 0.6 is 11.5 Å². The molecule has 1 aromatic heterocycles. The summed E-state index contributed by atoms with van der Waals surface area (Å²) in [4.78, 5) is 11.8. The number of nitrogens with zero attached hydrogens (tertiary/aromatic N) is 1. The average Bonchev–Trinajstić information content (AvgIpc) is 2.74. The summed E-state index contributed by atoms with van der Waals surface area (Å²) in [6, 6.07) is 6.37. The zero-order valence-electron chi connectivity index (χ0n) is 8.03. The number of ketones is 1. The van der Waals surface area contributed by atoms with E-state index in [0.29, 0.717) is 11.3 Å². The lowest BCUT2D eigenvalue weighted by molar-refractivity contribution is 0.103. The van der Waals surface area contributed by atoms with E-state index in [2.05, 4.69) is 4.37 Å². The maximum absolute atomic E-state index is 13.6. The number of aryl methyl sites for hydroxylation is 1. The summed E-state index contributed by atoms with van der Waals surface area (Å²) >= 11 is 1.18. The molecule has 1 aromatic carbocycles. The van der Waals surface area contributed by atoms with Crippen LogP contribution in [0.5, 0.6) is 0 Å². The van der Waals surface area contributed by atoms with Gasteiger partial charge >= 0.3 is 0 Å². The molecule has 0 atom stereocenters. The summed E-state index contributed by atoms with van der Waals surface area (Å²) in [5.41, 5.74) is 0.849. The normalized spacial score (nSPS) is 10.3. The first kappa shape index (κ1) is 9.98. The molecule has 4 heteroatoms. The van der Waals surface area contributed by atoms with E-state index in [1.165, 1.54) is 17.6 Å². The minimum atomic E-state index is -0.462. The van der Waals surface area contributed by atoms with Crippen molar-refractivity contribution in [2.75, 3.05) is 0 Å². The lowest BCUT2D eigenvalue weighted by Crippen LogP contribution is -2.05. The molecule has 0 saturated carbocycles. The van der Waals surface area contributed by atoms with E-state index in [1.54, 1.807) is 30.5 Å². The Morgan fingerprint density at radius 1 is 1.40 bits per heavy atom. The quantitative estimate of drug-likeness (QED) is 0.730. The molecule has 0 N–H and O–H groups in total. The van der Waals surface area contributed by atoms with Gasteiger partial charge in [0.15, 0.2) is 0 Å². The average molecular weight is 221 g/mol. The Morgan fingerprint density at radius 2 is 2.20 bits per heavy atom. The first-order valence-corrected chi connectivity index (χ1v) is 5.24. The molecule has 2 nitrogen and oxygen atoms in total. The van der Waals surface area contributed by atoms with Crippen LogP contribution in [0.1, 0.15) is 21.6 Å². The van der Waals surface area contributed by atoms with Gasteiger partial charge in [0.25, 0.3) is 0 Å². The molecule has 1 heterocycles. The van der Waals surface area contributed by atoms with Crippen molar-refractivity contribution in [1.29, 1.82) is 0 Å². The van der Waals surface area contributed by atoms with Crippen LogP contribution in [0.2, 0.25) is 0 Å². The van der Waals surface area contributed by atoms with Crippen molar-refractivity contribution in [1.82, 2.24) is 4.37 Å². The number of carbonyl (C=O) groups is 1. The third-order valence-corrected chi connectivity index (χ3v) is 2.67. The predicted octanol–water partition coefficient (Wildman–Crippen LogP) is 2.82. The van der Waals surface area contributed by atoms with Gasteiger partial charge in [-0.15, -0.1) is 0 Å². The van der Waals surface area contributed by atoms with Crippen molar-refractivity contribution in [3.05, 3.63) is 52.3 Å². The molecule has 0 radical (unpaired) electrons. The van der Waals surface area contributed by atoms with E-state index in [4.69, 9.17) is 0 Å². The van der Waals surface area contributed by atoms with Gasteiger partial charge in [0.05, 0.1) is 5.56 Å². The predicted molar refractivity (Wildman–Crippen MR) is 56.7 cm³/mol. The minimum absolute atomic E-state index is 0.0842. The molecular weight excluding hydrogens is 213 g/mol. The third-order valence-electron chi connectivity index (χ3n) is 2.11. The Bertz CT molecular complexity index is 493. The Labute approximate surface area is 90.5 Å². The highest BCUT2D eigenvalue weighted by molar-refractivity contribution is 7.03. The maximum Gasteiger partial charge on any atom is 0.215 e. The minimum Gasteiger partial charge on any atom is -0.287 e. The van der Waals surface area contributed by atoms with E-state index in [9.17, 15) is 9.18 Å². The number of hydrogen-bond acceptors (Lipinski definition) is 3. The number of benzene rings is 1. The van der Waals surface area contributed by atoms with Crippen LogP contribution < -0.4 is 0 Å². The molecule has 0 bridgehead atoms. The van der Waals surface area contributed by atoms with Crippen molar-refractivity contribution in [3.63, 3.8) is 0 Å². The zero-order valence-corrected chi connectivity index (χ0v) is 8.84. The maximum atomic E-state index is 13.6. The van der Waals surface area contributed by atoms with E-state index < -0.39 is 5.82 Å². The molecule has 0 amide bonds. The Kier molecular flexibility index (Phi) is 2.60. The van der Waals surface area contributed by atoms with Crippen molar-refractivity contribution in [2.45, 2.75) is 6.92 Å². The molecular formula is C11H8FNOS. The topological polar surface area (TPSA) is 30.0 Å². The summed E-state index contributed by atoms with van der Waals surface area (Å²) in [7, 11) is 0. The fraction of sp³-hybridized carbons (Fsp3) is 0.0909. The van der Waals surface area contributed by atoms with Gasteiger partial charge in [-0.1, -0.05) is 12.1 Å². The largest absolute Gasteiger partial charge is 0.287 e. The van der Waals surface area contributed by atoms with Crippen LogP contribution in [0, 0.1) is 12.7 Å². The molecule has 2 aromatic rings. The molecule has 0 aliphatic heterocycles. The van der Waals surface area contributed by atoms with Gasteiger partial charge in [0, 0.05) is 5.38 Å². The molecule has 0 fully saturated rings. The van der Waals surface area contributed by atoms with Crippen molar-refractivity contribution >= 4 is 17.3 Å². The van der Waals surface area contributed by atoms with Crippen LogP contribution in [0.4, 0.5) is 4.39 Å². The highest BCUT2D eigenvalue weighted by Crippen LogP contribution is 2.16. The van der Waals surface area contributed by atoms with Crippen LogP contribution in [0.15, 0.2) is 29.6 Å². The highest BCUT2D eigenvalue weighted by Gasteiger charge is 2.16. The number of hydrogen-bond donors (Lipinski definition) is 0. The highest BCUT2D eigenvalue weighted by atomic mass is 32.1. The molecule has 0 aliphatic carbocycles. The lowest BCUT2D eigenvalue weighted by atomic mass is 10.1. The Balaban J connectivity index is 2.47. The number of aromatic nitrogens is 1. The van der Waals surface area contributed by atoms with E-state index in [1.807, 2.05) is 0 Å². The molecule has 0 unspecified atom stereocenters. The van der Waals surface area contributed by atoms with Crippen LogP contribution in [0.25, 0.3) is 0 Å². The molecule has 76 valence electrons. The molecule has 15 heavy (non-hydrogen) atoms. The lowest BCUT2D eigenvalue weighted by Gasteiger charge is -2.01.